The van der Waals surface area contributed by atoms with Gasteiger partial charge in [-0.2, -0.15) is 57.7 Å². The van der Waals surface area contributed by atoms with Gasteiger partial charge in [-0.25, -0.2) is 5.43 Å². The predicted octanol–water partition coefficient (Wildman–Crippen LogP) is 2.49. The molecule has 2 N–H and O–H groups in total. The highest BCUT2D eigenvalue weighted by Gasteiger charge is 2.88. The number of alkyl halides is 12. The first-order valence-corrected chi connectivity index (χ1v) is 5.96. The Hall–Kier alpha value is -1.33. The average Bonchev–Trinajstić information content (AvgIpc) is 2.74. The molecule has 154 valence electrons. The molecule has 0 fully saturated rings. The lowest BCUT2D eigenvalue weighted by atomic mass is 9.97. The number of aliphatic hydroxyl groups excluding tert-OH is 1. The molecule has 1 aliphatic heterocycles. The molecule has 0 saturated carbocycles. The number of hydrogen-bond acceptors (Lipinski definition) is 5. The summed E-state index contributed by atoms with van der Waals surface area (Å²) >= 11 is 0. The molecule has 17 heteroatoms. The van der Waals surface area contributed by atoms with Crippen molar-refractivity contribution in [2.75, 3.05) is 13.5 Å². The molecular weight excluding hydrogens is 410 g/mol. The number of halogens is 12. The van der Waals surface area contributed by atoms with Crippen molar-refractivity contribution in [2.24, 2.45) is 4.99 Å². The first-order valence-electron chi connectivity index (χ1n) is 5.96. The Balaban J connectivity index is 3.78. The van der Waals surface area contributed by atoms with E-state index in [0.29, 0.717) is 5.43 Å². The zero-order chi connectivity index (χ0) is 20.8. The summed E-state index contributed by atoms with van der Waals surface area (Å²) in [5.74, 6) is 0. The van der Waals surface area contributed by atoms with Crippen molar-refractivity contribution >= 4 is 6.21 Å². The van der Waals surface area contributed by atoms with E-state index in [1.165, 1.54) is 0 Å². The van der Waals surface area contributed by atoms with Crippen LogP contribution in [-0.4, -0.2) is 65.8 Å². The van der Waals surface area contributed by atoms with Crippen molar-refractivity contribution in [3.63, 3.8) is 0 Å². The molecule has 0 aromatic carbocycles. The second kappa shape index (κ2) is 6.38. The van der Waals surface area contributed by atoms with Gasteiger partial charge in [-0.3, -0.25) is 4.99 Å². The van der Waals surface area contributed by atoms with E-state index in [-0.39, 0.29) is 0 Å². The Morgan fingerprint density at radius 1 is 0.846 bits per heavy atom. The lowest BCUT2D eigenvalue weighted by molar-refractivity contribution is -0.395. The summed E-state index contributed by atoms with van der Waals surface area (Å²) in [7, 11) is 0. The summed E-state index contributed by atoms with van der Waals surface area (Å²) in [5.41, 5.74) is -11.1. The van der Waals surface area contributed by atoms with Gasteiger partial charge < -0.3 is 9.84 Å². The molecule has 0 aliphatic carbocycles. The standard InChI is InChI=1S/C9H7F12N3O2/c10-6(11,12)4(7(13,14)15)1-22-5(8(16,17)18,9(19,20)21)24(4)23-2-26-3-25/h1,23,25H,2-3H2. The Morgan fingerprint density at radius 3 is 1.58 bits per heavy atom. The zero-order valence-electron chi connectivity index (χ0n) is 11.8. The van der Waals surface area contributed by atoms with E-state index >= 15 is 0 Å². The smallest absolute Gasteiger partial charge is 0.371 e. The van der Waals surface area contributed by atoms with Crippen LogP contribution in [0.4, 0.5) is 52.7 Å². The van der Waals surface area contributed by atoms with Crippen molar-refractivity contribution in [3.8, 4) is 0 Å². The van der Waals surface area contributed by atoms with Crippen LogP contribution in [-0.2, 0) is 4.74 Å². The molecule has 0 aromatic rings. The molecule has 26 heavy (non-hydrogen) atoms. The van der Waals surface area contributed by atoms with Gasteiger partial charge in [0, 0.05) is 6.21 Å². The number of ether oxygens (including phenoxy) is 1. The molecule has 0 amide bonds. The molecule has 0 aromatic heterocycles. The predicted molar refractivity (Wildman–Crippen MR) is 56.2 cm³/mol. The topological polar surface area (TPSA) is 57.1 Å². The monoisotopic (exact) mass is 417 g/mol. The van der Waals surface area contributed by atoms with Crippen LogP contribution in [0.2, 0.25) is 0 Å². The lowest BCUT2D eigenvalue weighted by Crippen LogP contribution is -2.79. The molecule has 0 saturated heterocycles. The van der Waals surface area contributed by atoms with Crippen molar-refractivity contribution in [1.29, 1.82) is 0 Å². The molecule has 1 heterocycles. The minimum atomic E-state index is -6.76. The van der Waals surface area contributed by atoms with Gasteiger partial charge in [0.25, 0.3) is 5.54 Å². The third kappa shape index (κ3) is 3.09. The molecule has 0 atom stereocenters. The second-order valence-corrected chi connectivity index (χ2v) is 4.66. The maximum absolute atomic E-state index is 13.1. The number of rotatable bonds is 4. The van der Waals surface area contributed by atoms with Crippen LogP contribution < -0.4 is 5.43 Å². The zero-order valence-corrected chi connectivity index (χ0v) is 11.8. The van der Waals surface area contributed by atoms with Gasteiger partial charge >= 0.3 is 30.4 Å². The third-order valence-corrected chi connectivity index (χ3v) is 3.19. The summed E-state index contributed by atoms with van der Waals surface area (Å²) in [6.45, 7) is -3.19. The van der Waals surface area contributed by atoms with Gasteiger partial charge in [0.2, 0.25) is 0 Å². The first-order chi connectivity index (χ1) is 11.4. The summed E-state index contributed by atoms with van der Waals surface area (Å²) in [5, 5.41) is 6.08. The van der Waals surface area contributed by atoms with E-state index in [0.717, 1.165) is 0 Å². The fraction of sp³-hybridized carbons (Fsp3) is 0.889. The fourth-order valence-electron chi connectivity index (χ4n) is 2.07. The van der Waals surface area contributed by atoms with Crippen LogP contribution in [0.1, 0.15) is 0 Å². The largest absolute Gasteiger partial charge is 0.437 e. The van der Waals surface area contributed by atoms with Gasteiger partial charge in [0.15, 0.2) is 0 Å². The quantitative estimate of drug-likeness (QED) is 0.420. The van der Waals surface area contributed by atoms with Gasteiger partial charge in [0.05, 0.1) is 0 Å². The molecule has 1 rings (SSSR count). The Morgan fingerprint density at radius 2 is 1.27 bits per heavy atom. The highest BCUT2D eigenvalue weighted by molar-refractivity contribution is 5.77. The van der Waals surface area contributed by atoms with Crippen LogP contribution in [0.25, 0.3) is 0 Å². The fourth-order valence-corrected chi connectivity index (χ4v) is 2.07. The Labute approximate surface area is 135 Å². The number of hydrazine groups is 1. The SMILES string of the molecule is OCOCNN1C(C(F)(F)F)(C(F)(F)F)C=NC1(C(F)(F)F)C(F)(F)F. The maximum Gasteiger partial charge on any atom is 0.437 e. The van der Waals surface area contributed by atoms with E-state index < -0.39 is 60.7 Å². The summed E-state index contributed by atoms with van der Waals surface area (Å²) in [4.78, 5) is 1.59. The van der Waals surface area contributed by atoms with Crippen molar-refractivity contribution in [2.45, 2.75) is 35.9 Å². The number of aliphatic imine (C=N–C) groups is 1. The van der Waals surface area contributed by atoms with Crippen LogP contribution >= 0.6 is 0 Å². The number of nitrogens with zero attached hydrogens (tertiary/aromatic N) is 2. The van der Waals surface area contributed by atoms with Crippen LogP contribution in [0.15, 0.2) is 4.99 Å². The molecular formula is C9H7F12N3O2. The lowest BCUT2D eigenvalue weighted by Gasteiger charge is -2.46. The maximum atomic E-state index is 13.1. The van der Waals surface area contributed by atoms with Crippen LogP contribution in [0.5, 0.6) is 0 Å². The second-order valence-electron chi connectivity index (χ2n) is 4.66. The van der Waals surface area contributed by atoms with Gasteiger partial charge in [-0.1, -0.05) is 0 Å². The summed E-state index contributed by atoms with van der Waals surface area (Å²) in [6, 6.07) is 0. The van der Waals surface area contributed by atoms with E-state index in [4.69, 9.17) is 5.11 Å². The number of aliphatic hydroxyl groups is 1. The molecule has 0 bridgehead atoms. The molecule has 5 nitrogen and oxygen atoms in total. The van der Waals surface area contributed by atoms with E-state index in [2.05, 4.69) is 4.74 Å². The summed E-state index contributed by atoms with van der Waals surface area (Å²) < 4.78 is 161. The Bertz CT molecular complexity index is 464. The minimum absolute atomic E-state index is 0.637. The highest BCUT2D eigenvalue weighted by atomic mass is 19.4. The van der Waals surface area contributed by atoms with Crippen molar-refractivity contribution < 1.29 is 62.5 Å². The Kier molecular flexibility index (Phi) is 5.57. The number of hydrogen-bond donors (Lipinski definition) is 2. The van der Waals surface area contributed by atoms with E-state index in [1.54, 1.807) is 4.99 Å². The van der Waals surface area contributed by atoms with Crippen molar-refractivity contribution in [3.05, 3.63) is 0 Å². The molecule has 1 aliphatic rings. The van der Waals surface area contributed by atoms with E-state index in [9.17, 15) is 52.7 Å². The van der Waals surface area contributed by atoms with Crippen LogP contribution in [0.3, 0.4) is 0 Å². The summed E-state index contributed by atoms with van der Waals surface area (Å²) in [6.07, 6.45) is -28.4. The molecule has 0 radical (unpaired) electrons. The molecule has 0 spiro atoms. The van der Waals surface area contributed by atoms with Crippen molar-refractivity contribution in [1.82, 2.24) is 10.4 Å². The minimum Gasteiger partial charge on any atom is -0.371 e. The van der Waals surface area contributed by atoms with Gasteiger partial charge in [-0.15, -0.1) is 0 Å². The molecule has 0 unspecified atom stereocenters. The number of nitrogens with one attached hydrogen (secondary N) is 1. The van der Waals surface area contributed by atoms with Gasteiger partial charge in [0.1, 0.15) is 13.5 Å². The van der Waals surface area contributed by atoms with E-state index in [1.807, 2.05) is 0 Å². The third-order valence-electron chi connectivity index (χ3n) is 3.19. The normalized spacial score (nSPS) is 21.4. The highest BCUT2D eigenvalue weighted by Crippen LogP contribution is 2.58. The van der Waals surface area contributed by atoms with Crippen LogP contribution in [0, 0.1) is 0 Å². The average molecular weight is 417 g/mol. The first kappa shape index (κ1) is 22.7. The van der Waals surface area contributed by atoms with Gasteiger partial charge in [-0.05, 0) is 0 Å².